The van der Waals surface area contributed by atoms with Gasteiger partial charge in [0.25, 0.3) is 0 Å². The van der Waals surface area contributed by atoms with E-state index in [1.165, 1.54) is 0 Å². The molecule has 2 N–H and O–H groups in total. The lowest BCUT2D eigenvalue weighted by atomic mass is 10.1. The fourth-order valence-corrected chi connectivity index (χ4v) is 3.32. The number of guanidine groups is 1. The Hall–Kier alpha value is -2.74. The van der Waals surface area contributed by atoms with Gasteiger partial charge in [-0.05, 0) is 31.2 Å². The second-order valence-corrected chi connectivity index (χ2v) is 6.69. The van der Waals surface area contributed by atoms with Gasteiger partial charge in [0.2, 0.25) is 0 Å². The van der Waals surface area contributed by atoms with Crippen LogP contribution >= 0.6 is 0 Å². The summed E-state index contributed by atoms with van der Waals surface area (Å²) < 4.78 is 10.9. The van der Waals surface area contributed by atoms with E-state index < -0.39 is 0 Å². The summed E-state index contributed by atoms with van der Waals surface area (Å²) in [6.07, 6.45) is 1.75. The Balaban J connectivity index is 1.59. The van der Waals surface area contributed by atoms with E-state index >= 15 is 0 Å². The van der Waals surface area contributed by atoms with Gasteiger partial charge in [0.15, 0.2) is 5.96 Å². The van der Waals surface area contributed by atoms with Crippen molar-refractivity contribution in [3.05, 3.63) is 41.7 Å². The van der Waals surface area contributed by atoms with Crippen molar-refractivity contribution in [1.82, 2.24) is 25.3 Å². The van der Waals surface area contributed by atoms with Crippen LogP contribution in [-0.4, -0.2) is 72.9 Å². The zero-order valence-corrected chi connectivity index (χ0v) is 16.9. The maximum atomic E-state index is 5.52. The average molecular weight is 387 g/mol. The highest BCUT2D eigenvalue weighted by molar-refractivity contribution is 5.80. The predicted octanol–water partition coefficient (Wildman–Crippen LogP) is 1.71. The number of aromatic nitrogens is 2. The standard InChI is InChI=1S/C20H30N6O2/c1-4-21-20(22-14-17-7-8-23-24-17)26-11-9-25(10-12-26)15-16-13-18(27-2)5-6-19(16)28-3/h5-8,13H,4,9-12,14-15H2,1-3H3,(H,21,22)(H,23,24). The summed E-state index contributed by atoms with van der Waals surface area (Å²) in [5.41, 5.74) is 2.16. The van der Waals surface area contributed by atoms with Crippen molar-refractivity contribution in [2.75, 3.05) is 46.9 Å². The summed E-state index contributed by atoms with van der Waals surface area (Å²) in [6.45, 7) is 8.19. The van der Waals surface area contributed by atoms with Gasteiger partial charge in [0, 0.05) is 51.0 Å². The van der Waals surface area contributed by atoms with Gasteiger partial charge in [-0.2, -0.15) is 5.10 Å². The fourth-order valence-electron chi connectivity index (χ4n) is 3.32. The number of nitrogens with one attached hydrogen (secondary N) is 2. The van der Waals surface area contributed by atoms with Crippen LogP contribution in [0.2, 0.25) is 0 Å². The van der Waals surface area contributed by atoms with E-state index in [0.717, 1.165) is 68.0 Å². The van der Waals surface area contributed by atoms with Crippen molar-refractivity contribution >= 4 is 5.96 Å². The zero-order chi connectivity index (χ0) is 19.8. The summed E-state index contributed by atoms with van der Waals surface area (Å²) in [5.74, 6) is 2.71. The normalized spacial score (nSPS) is 15.5. The molecule has 1 fully saturated rings. The number of methoxy groups -OCH3 is 2. The van der Waals surface area contributed by atoms with Crippen molar-refractivity contribution in [3.63, 3.8) is 0 Å². The monoisotopic (exact) mass is 386 g/mol. The van der Waals surface area contributed by atoms with E-state index in [4.69, 9.17) is 14.5 Å². The molecular formula is C20H30N6O2. The first-order valence-electron chi connectivity index (χ1n) is 9.68. The molecule has 0 spiro atoms. The first-order chi connectivity index (χ1) is 13.7. The highest BCUT2D eigenvalue weighted by Crippen LogP contribution is 2.25. The Labute approximate surface area is 166 Å². The van der Waals surface area contributed by atoms with E-state index in [-0.39, 0.29) is 0 Å². The molecule has 152 valence electrons. The third-order valence-electron chi connectivity index (χ3n) is 4.85. The van der Waals surface area contributed by atoms with Crippen molar-refractivity contribution < 1.29 is 9.47 Å². The van der Waals surface area contributed by atoms with Gasteiger partial charge < -0.3 is 19.7 Å². The van der Waals surface area contributed by atoms with Gasteiger partial charge in [0.1, 0.15) is 11.5 Å². The van der Waals surface area contributed by atoms with Gasteiger partial charge in [-0.25, -0.2) is 4.99 Å². The summed E-state index contributed by atoms with van der Waals surface area (Å²) in [4.78, 5) is 9.50. The van der Waals surface area contributed by atoms with Gasteiger partial charge in [0.05, 0.1) is 26.5 Å². The molecule has 2 heterocycles. The van der Waals surface area contributed by atoms with Gasteiger partial charge in [-0.15, -0.1) is 0 Å². The zero-order valence-electron chi connectivity index (χ0n) is 16.9. The van der Waals surface area contributed by atoms with Crippen molar-refractivity contribution in [2.24, 2.45) is 4.99 Å². The summed E-state index contributed by atoms with van der Waals surface area (Å²) >= 11 is 0. The summed E-state index contributed by atoms with van der Waals surface area (Å²) in [5, 5.41) is 10.3. The molecule has 0 atom stereocenters. The predicted molar refractivity (Wildman–Crippen MR) is 110 cm³/mol. The third-order valence-corrected chi connectivity index (χ3v) is 4.85. The number of nitrogens with zero attached hydrogens (tertiary/aromatic N) is 4. The lowest BCUT2D eigenvalue weighted by molar-refractivity contribution is 0.171. The first-order valence-corrected chi connectivity index (χ1v) is 9.68. The SMILES string of the molecule is CCNC(=NCc1ccn[nH]1)N1CCN(Cc2cc(OC)ccc2OC)CC1. The molecule has 8 heteroatoms. The molecule has 0 bridgehead atoms. The summed E-state index contributed by atoms with van der Waals surface area (Å²) in [6, 6.07) is 7.91. The van der Waals surface area contributed by atoms with Crippen molar-refractivity contribution in [3.8, 4) is 11.5 Å². The lowest BCUT2D eigenvalue weighted by Crippen LogP contribution is -2.52. The highest BCUT2D eigenvalue weighted by Gasteiger charge is 2.21. The van der Waals surface area contributed by atoms with E-state index in [9.17, 15) is 0 Å². The van der Waals surface area contributed by atoms with E-state index in [0.29, 0.717) is 6.54 Å². The Kier molecular flexibility index (Phi) is 7.13. The second kappa shape index (κ2) is 9.98. The van der Waals surface area contributed by atoms with Gasteiger partial charge in [-0.3, -0.25) is 10.00 Å². The number of H-pyrrole nitrogens is 1. The number of aromatic amines is 1. The fraction of sp³-hybridized carbons (Fsp3) is 0.500. The quantitative estimate of drug-likeness (QED) is 0.557. The Morgan fingerprint density at radius 1 is 1.18 bits per heavy atom. The Bertz CT molecular complexity index is 754. The molecule has 0 aliphatic carbocycles. The Morgan fingerprint density at radius 2 is 2.00 bits per heavy atom. The molecule has 28 heavy (non-hydrogen) atoms. The summed E-state index contributed by atoms with van der Waals surface area (Å²) in [7, 11) is 3.40. The van der Waals surface area contributed by atoms with E-state index in [1.54, 1.807) is 20.4 Å². The van der Waals surface area contributed by atoms with Crippen LogP contribution in [0.15, 0.2) is 35.5 Å². The first kappa shape index (κ1) is 20.0. The number of piperazine rings is 1. The molecular weight excluding hydrogens is 356 g/mol. The maximum absolute atomic E-state index is 5.52. The van der Waals surface area contributed by atoms with Crippen molar-refractivity contribution in [2.45, 2.75) is 20.0 Å². The van der Waals surface area contributed by atoms with Crippen LogP contribution in [0.3, 0.4) is 0 Å². The molecule has 1 aromatic carbocycles. The molecule has 2 aromatic rings. The molecule has 1 saturated heterocycles. The molecule has 8 nitrogen and oxygen atoms in total. The molecule has 0 unspecified atom stereocenters. The minimum atomic E-state index is 0.601. The average Bonchev–Trinajstić information content (AvgIpc) is 3.25. The van der Waals surface area contributed by atoms with Crippen LogP contribution in [0.1, 0.15) is 18.2 Å². The highest BCUT2D eigenvalue weighted by atomic mass is 16.5. The van der Waals surface area contributed by atoms with E-state index in [2.05, 4.69) is 38.3 Å². The molecule has 0 amide bonds. The van der Waals surface area contributed by atoms with Crippen LogP contribution in [-0.2, 0) is 13.1 Å². The maximum Gasteiger partial charge on any atom is 0.194 e. The van der Waals surface area contributed by atoms with Crippen LogP contribution < -0.4 is 14.8 Å². The third kappa shape index (κ3) is 5.16. The number of ether oxygens (including phenoxy) is 2. The van der Waals surface area contributed by atoms with E-state index in [1.807, 2.05) is 18.2 Å². The molecule has 1 aliphatic heterocycles. The number of benzene rings is 1. The molecule has 1 aromatic heterocycles. The smallest absolute Gasteiger partial charge is 0.194 e. The van der Waals surface area contributed by atoms with Crippen molar-refractivity contribution in [1.29, 1.82) is 0 Å². The van der Waals surface area contributed by atoms with Crippen LogP contribution in [0.4, 0.5) is 0 Å². The number of rotatable bonds is 7. The minimum Gasteiger partial charge on any atom is -0.497 e. The Morgan fingerprint density at radius 3 is 2.64 bits per heavy atom. The number of hydrogen-bond donors (Lipinski definition) is 2. The van der Waals surface area contributed by atoms with Gasteiger partial charge in [-0.1, -0.05) is 0 Å². The van der Waals surface area contributed by atoms with Crippen LogP contribution in [0.5, 0.6) is 11.5 Å². The van der Waals surface area contributed by atoms with Crippen LogP contribution in [0.25, 0.3) is 0 Å². The molecule has 0 radical (unpaired) electrons. The second-order valence-electron chi connectivity index (χ2n) is 6.69. The van der Waals surface area contributed by atoms with Gasteiger partial charge >= 0.3 is 0 Å². The minimum absolute atomic E-state index is 0.601. The van der Waals surface area contributed by atoms with Crippen LogP contribution in [0, 0.1) is 0 Å². The number of hydrogen-bond acceptors (Lipinski definition) is 5. The largest absolute Gasteiger partial charge is 0.497 e. The lowest BCUT2D eigenvalue weighted by Gasteiger charge is -2.36. The molecule has 3 rings (SSSR count). The number of aliphatic imine (C=N–C) groups is 1. The topological polar surface area (TPSA) is 78.0 Å². The molecule has 0 saturated carbocycles. The molecule has 1 aliphatic rings.